The molecule has 2 aliphatic rings. The third-order valence-corrected chi connectivity index (χ3v) is 6.11. The van der Waals surface area contributed by atoms with E-state index < -0.39 is 11.9 Å². The Morgan fingerprint density at radius 3 is 2.44 bits per heavy atom. The van der Waals surface area contributed by atoms with Crippen LogP contribution in [0.25, 0.3) is 0 Å². The van der Waals surface area contributed by atoms with Crippen molar-refractivity contribution in [1.29, 1.82) is 0 Å². The minimum absolute atomic E-state index is 0.00519. The number of aliphatic hydroxyl groups excluding tert-OH is 1. The molecule has 180 valence electrons. The second kappa shape index (κ2) is 11.2. The highest BCUT2D eigenvalue weighted by Gasteiger charge is 2.48. The second-order valence-corrected chi connectivity index (χ2v) is 9.70. The summed E-state index contributed by atoms with van der Waals surface area (Å²) in [6.45, 7) is 13.0. The standard InChI is InChI=1S/C26H41NO5/c1-7-21(28)24(30-17(2)3)20(27-15-19-11-9-8-10-12-19)16-29-22-14-13-18(4)23-25(22)32-26(5,6)31-23/h8-14,17-18,20-25,27-28H,7,15-16H2,1-6H3/t18-,20-,21+,22?,23-,24-,25-/m0/s1. The molecule has 1 aliphatic heterocycles. The lowest BCUT2D eigenvalue weighted by Crippen LogP contribution is -2.52. The normalized spacial score (nSPS) is 29.6. The first kappa shape index (κ1) is 25.3. The zero-order chi connectivity index (χ0) is 23.3. The van der Waals surface area contributed by atoms with Crippen LogP contribution in [0.15, 0.2) is 42.5 Å². The number of ether oxygens (including phenoxy) is 4. The van der Waals surface area contributed by atoms with Crippen LogP contribution in [-0.4, -0.2) is 60.2 Å². The number of hydrogen-bond acceptors (Lipinski definition) is 6. The van der Waals surface area contributed by atoms with Crippen LogP contribution in [0.5, 0.6) is 0 Å². The molecule has 2 N–H and O–H groups in total. The fourth-order valence-electron chi connectivity index (χ4n) is 4.46. The Hall–Kier alpha value is -1.28. The molecule has 32 heavy (non-hydrogen) atoms. The minimum Gasteiger partial charge on any atom is -0.390 e. The Morgan fingerprint density at radius 1 is 1.09 bits per heavy atom. The molecule has 1 aliphatic carbocycles. The Labute approximate surface area is 193 Å². The molecule has 1 fully saturated rings. The number of hydrogen-bond donors (Lipinski definition) is 2. The van der Waals surface area contributed by atoms with Gasteiger partial charge in [0.2, 0.25) is 0 Å². The summed E-state index contributed by atoms with van der Waals surface area (Å²) in [5, 5.41) is 14.3. The molecule has 0 spiro atoms. The van der Waals surface area contributed by atoms with Crippen LogP contribution >= 0.6 is 0 Å². The molecule has 1 saturated heterocycles. The van der Waals surface area contributed by atoms with Gasteiger partial charge in [0.15, 0.2) is 5.79 Å². The Bertz CT molecular complexity index is 722. The van der Waals surface area contributed by atoms with E-state index in [0.717, 1.165) is 0 Å². The predicted molar refractivity (Wildman–Crippen MR) is 125 cm³/mol. The lowest BCUT2D eigenvalue weighted by Gasteiger charge is -2.35. The molecule has 1 aromatic carbocycles. The molecule has 3 rings (SSSR count). The van der Waals surface area contributed by atoms with Gasteiger partial charge in [-0.1, -0.05) is 56.3 Å². The highest BCUT2D eigenvalue weighted by molar-refractivity contribution is 5.14. The van der Waals surface area contributed by atoms with Crippen LogP contribution in [0.1, 0.15) is 53.5 Å². The molecule has 0 amide bonds. The Balaban J connectivity index is 1.72. The van der Waals surface area contributed by atoms with Gasteiger partial charge in [0.1, 0.15) is 18.3 Å². The maximum atomic E-state index is 10.7. The second-order valence-electron chi connectivity index (χ2n) is 9.70. The highest BCUT2D eigenvalue weighted by Crippen LogP contribution is 2.38. The van der Waals surface area contributed by atoms with Crippen LogP contribution in [-0.2, 0) is 25.5 Å². The lowest BCUT2D eigenvalue weighted by molar-refractivity contribution is -0.158. The van der Waals surface area contributed by atoms with Crippen molar-refractivity contribution in [1.82, 2.24) is 5.32 Å². The van der Waals surface area contributed by atoms with E-state index in [1.165, 1.54) is 5.56 Å². The summed E-state index contributed by atoms with van der Waals surface area (Å²) in [6, 6.07) is 10.0. The van der Waals surface area contributed by atoms with Gasteiger partial charge in [0, 0.05) is 12.5 Å². The highest BCUT2D eigenvalue weighted by atomic mass is 16.8. The van der Waals surface area contributed by atoms with Crippen molar-refractivity contribution in [2.45, 2.75) is 103 Å². The monoisotopic (exact) mass is 447 g/mol. The van der Waals surface area contributed by atoms with Crippen LogP contribution in [0.3, 0.4) is 0 Å². The molecule has 1 aromatic rings. The molecule has 1 heterocycles. The Morgan fingerprint density at radius 2 is 1.78 bits per heavy atom. The van der Waals surface area contributed by atoms with Crippen molar-refractivity contribution in [2.75, 3.05) is 6.61 Å². The molecule has 1 unspecified atom stereocenters. The minimum atomic E-state index is -0.621. The predicted octanol–water partition coefficient (Wildman–Crippen LogP) is 3.82. The van der Waals surface area contributed by atoms with E-state index in [0.29, 0.717) is 19.6 Å². The first-order chi connectivity index (χ1) is 15.2. The van der Waals surface area contributed by atoms with E-state index in [2.05, 4.69) is 36.5 Å². The van der Waals surface area contributed by atoms with Gasteiger partial charge < -0.3 is 29.4 Å². The van der Waals surface area contributed by atoms with Crippen molar-refractivity contribution < 1.29 is 24.1 Å². The van der Waals surface area contributed by atoms with Gasteiger partial charge in [0.25, 0.3) is 0 Å². The maximum Gasteiger partial charge on any atom is 0.163 e. The number of nitrogens with one attached hydrogen (secondary N) is 1. The van der Waals surface area contributed by atoms with Crippen molar-refractivity contribution >= 4 is 0 Å². The Kier molecular flexibility index (Phi) is 8.90. The first-order valence-corrected chi connectivity index (χ1v) is 12.0. The van der Waals surface area contributed by atoms with Crippen molar-refractivity contribution in [3.63, 3.8) is 0 Å². The first-order valence-electron chi connectivity index (χ1n) is 12.0. The van der Waals surface area contributed by atoms with Crippen LogP contribution < -0.4 is 5.32 Å². The maximum absolute atomic E-state index is 10.7. The third-order valence-electron chi connectivity index (χ3n) is 6.11. The number of fused-ring (bicyclic) bond motifs is 1. The molecular weight excluding hydrogens is 406 g/mol. The summed E-state index contributed by atoms with van der Waals surface area (Å²) in [5.74, 6) is -0.350. The summed E-state index contributed by atoms with van der Waals surface area (Å²) in [7, 11) is 0. The van der Waals surface area contributed by atoms with E-state index in [1.54, 1.807) is 0 Å². The van der Waals surface area contributed by atoms with E-state index in [1.807, 2.05) is 52.8 Å². The van der Waals surface area contributed by atoms with Gasteiger partial charge in [-0.05, 0) is 39.7 Å². The van der Waals surface area contributed by atoms with Gasteiger partial charge in [0.05, 0.1) is 31.0 Å². The average Bonchev–Trinajstić information content (AvgIpc) is 3.10. The lowest BCUT2D eigenvalue weighted by atomic mass is 9.90. The van der Waals surface area contributed by atoms with Gasteiger partial charge in [-0.25, -0.2) is 0 Å². The molecule has 0 bridgehead atoms. The van der Waals surface area contributed by atoms with Gasteiger partial charge >= 0.3 is 0 Å². The molecule has 0 aromatic heterocycles. The summed E-state index contributed by atoms with van der Waals surface area (Å²) in [6.07, 6.45) is 3.47. The molecule has 0 saturated carbocycles. The number of aliphatic hydroxyl groups is 1. The third kappa shape index (κ3) is 6.62. The summed E-state index contributed by atoms with van der Waals surface area (Å²) in [5.41, 5.74) is 1.17. The van der Waals surface area contributed by atoms with Crippen molar-refractivity contribution in [3.05, 3.63) is 48.0 Å². The summed E-state index contributed by atoms with van der Waals surface area (Å²) >= 11 is 0. The van der Waals surface area contributed by atoms with E-state index in [-0.39, 0.29) is 42.5 Å². The zero-order valence-electron chi connectivity index (χ0n) is 20.4. The van der Waals surface area contributed by atoms with Gasteiger partial charge in [-0.3, -0.25) is 0 Å². The van der Waals surface area contributed by atoms with E-state index in [4.69, 9.17) is 18.9 Å². The van der Waals surface area contributed by atoms with E-state index in [9.17, 15) is 5.11 Å². The molecule has 0 radical (unpaired) electrons. The summed E-state index contributed by atoms with van der Waals surface area (Å²) < 4.78 is 24.9. The number of rotatable bonds is 11. The van der Waals surface area contributed by atoms with E-state index >= 15 is 0 Å². The fourth-order valence-corrected chi connectivity index (χ4v) is 4.46. The zero-order valence-corrected chi connectivity index (χ0v) is 20.4. The van der Waals surface area contributed by atoms with Crippen LogP contribution in [0.2, 0.25) is 0 Å². The smallest absolute Gasteiger partial charge is 0.163 e. The topological polar surface area (TPSA) is 69.2 Å². The van der Waals surface area contributed by atoms with Crippen molar-refractivity contribution in [3.8, 4) is 0 Å². The van der Waals surface area contributed by atoms with Crippen LogP contribution in [0, 0.1) is 5.92 Å². The van der Waals surface area contributed by atoms with Crippen molar-refractivity contribution in [2.24, 2.45) is 5.92 Å². The molecule has 6 heteroatoms. The van der Waals surface area contributed by atoms with Crippen LogP contribution in [0.4, 0.5) is 0 Å². The molecule has 6 nitrogen and oxygen atoms in total. The molecular formula is C26H41NO5. The van der Waals surface area contributed by atoms with Gasteiger partial charge in [-0.2, -0.15) is 0 Å². The summed E-state index contributed by atoms with van der Waals surface area (Å²) in [4.78, 5) is 0. The number of benzene rings is 1. The largest absolute Gasteiger partial charge is 0.390 e. The van der Waals surface area contributed by atoms with Gasteiger partial charge in [-0.15, -0.1) is 0 Å². The average molecular weight is 448 g/mol. The fraction of sp³-hybridized carbons (Fsp3) is 0.692. The quantitative estimate of drug-likeness (QED) is 0.503. The molecule has 7 atom stereocenters. The SMILES string of the molecule is CC[C@@H](O)[C@@H](OC(C)C)[C@H](COC1C=C[C@H](C)[C@@H]2OC(C)(C)O[C@@H]12)NCc1ccccc1.